The molecule has 0 spiro atoms. The van der Waals surface area contributed by atoms with Crippen LogP contribution in [0.2, 0.25) is 5.02 Å². The van der Waals surface area contributed by atoms with Gasteiger partial charge in [-0.25, -0.2) is 0 Å². The molecule has 0 radical (unpaired) electrons. The number of carbonyl (C=O) groups excluding carboxylic acids is 2. The molecule has 0 saturated heterocycles. The molecular weight excluding hydrogens is 350 g/mol. The lowest BCUT2D eigenvalue weighted by Crippen LogP contribution is -2.23. The molecule has 6 heteroatoms. The molecule has 5 nitrogen and oxygen atoms in total. The largest absolute Gasteiger partial charge is 0.348 e. The third kappa shape index (κ3) is 4.68. The zero-order valence-corrected chi connectivity index (χ0v) is 14.5. The van der Waals surface area contributed by atoms with Gasteiger partial charge in [0.2, 0.25) is 0 Å². The maximum atomic E-state index is 12.4. The average molecular weight is 366 g/mol. The number of pyridine rings is 1. The van der Waals surface area contributed by atoms with Gasteiger partial charge in [0.1, 0.15) is 0 Å². The second-order valence-electron chi connectivity index (χ2n) is 5.60. The highest BCUT2D eigenvalue weighted by Gasteiger charge is 2.12. The Hall–Kier alpha value is -3.18. The Bertz CT molecular complexity index is 929. The number of nitrogens with one attached hydrogen (secondary N) is 2. The lowest BCUT2D eigenvalue weighted by molar-refractivity contribution is 0.0950. The van der Waals surface area contributed by atoms with E-state index in [1.54, 1.807) is 24.3 Å². The summed E-state index contributed by atoms with van der Waals surface area (Å²) in [4.78, 5) is 28.6. The van der Waals surface area contributed by atoms with Crippen molar-refractivity contribution in [2.75, 3.05) is 5.32 Å². The zero-order valence-electron chi connectivity index (χ0n) is 13.8. The van der Waals surface area contributed by atoms with E-state index in [4.69, 9.17) is 11.6 Å². The highest BCUT2D eigenvalue weighted by Crippen LogP contribution is 2.16. The van der Waals surface area contributed by atoms with Crippen molar-refractivity contribution in [2.24, 2.45) is 0 Å². The van der Waals surface area contributed by atoms with Crippen LogP contribution in [0.15, 0.2) is 73.1 Å². The molecule has 0 aliphatic rings. The van der Waals surface area contributed by atoms with Gasteiger partial charge in [-0.1, -0.05) is 48.0 Å². The molecule has 0 atom stereocenters. The number of halogens is 1. The lowest BCUT2D eigenvalue weighted by Gasteiger charge is -2.08. The first-order valence-corrected chi connectivity index (χ1v) is 8.34. The zero-order chi connectivity index (χ0) is 18.4. The molecule has 0 aliphatic carbocycles. The fourth-order valence-corrected chi connectivity index (χ4v) is 2.53. The minimum absolute atomic E-state index is 0.289. The normalized spacial score (nSPS) is 10.2. The van der Waals surface area contributed by atoms with Gasteiger partial charge >= 0.3 is 0 Å². The third-order valence-electron chi connectivity index (χ3n) is 3.64. The number of hydrogen-bond acceptors (Lipinski definition) is 3. The van der Waals surface area contributed by atoms with E-state index in [1.165, 1.54) is 18.5 Å². The summed E-state index contributed by atoms with van der Waals surface area (Å²) in [7, 11) is 0. The monoisotopic (exact) mass is 365 g/mol. The minimum atomic E-state index is -0.363. The Morgan fingerprint density at radius 2 is 1.62 bits per heavy atom. The van der Waals surface area contributed by atoms with Gasteiger partial charge in [-0.2, -0.15) is 0 Å². The van der Waals surface area contributed by atoms with Crippen molar-refractivity contribution in [3.63, 3.8) is 0 Å². The van der Waals surface area contributed by atoms with Crippen LogP contribution in [-0.2, 0) is 6.54 Å². The van der Waals surface area contributed by atoms with Crippen LogP contribution in [0.25, 0.3) is 0 Å². The first-order chi connectivity index (χ1) is 12.6. The van der Waals surface area contributed by atoms with Crippen LogP contribution in [0.5, 0.6) is 0 Å². The van der Waals surface area contributed by atoms with Gasteiger partial charge in [0.25, 0.3) is 11.8 Å². The number of anilines is 1. The van der Waals surface area contributed by atoms with Crippen molar-refractivity contribution >= 4 is 29.1 Å². The van der Waals surface area contributed by atoms with Crippen LogP contribution in [0.4, 0.5) is 5.69 Å². The van der Waals surface area contributed by atoms with Crippen molar-refractivity contribution in [1.29, 1.82) is 0 Å². The molecule has 2 amide bonds. The van der Waals surface area contributed by atoms with Crippen molar-refractivity contribution in [3.05, 3.63) is 94.8 Å². The minimum Gasteiger partial charge on any atom is -0.348 e. The van der Waals surface area contributed by atoms with Gasteiger partial charge < -0.3 is 10.6 Å². The first-order valence-electron chi connectivity index (χ1n) is 7.96. The maximum Gasteiger partial charge on any atom is 0.257 e. The molecule has 130 valence electrons. The van der Waals surface area contributed by atoms with Gasteiger partial charge in [-0.05, 0) is 29.8 Å². The predicted molar refractivity (Wildman–Crippen MR) is 101 cm³/mol. The number of benzene rings is 2. The molecule has 3 aromatic rings. The third-order valence-corrected chi connectivity index (χ3v) is 3.88. The summed E-state index contributed by atoms with van der Waals surface area (Å²) in [5, 5.41) is 6.06. The van der Waals surface area contributed by atoms with Gasteiger partial charge in [0.15, 0.2) is 0 Å². The summed E-state index contributed by atoms with van der Waals surface area (Å²) in [6.45, 7) is 0.401. The average Bonchev–Trinajstić information content (AvgIpc) is 2.67. The number of nitrogens with zero attached hydrogens (tertiary/aromatic N) is 1. The number of carbonyl (C=O) groups is 2. The van der Waals surface area contributed by atoms with Crippen LogP contribution in [0.1, 0.15) is 26.3 Å². The van der Waals surface area contributed by atoms with Crippen molar-refractivity contribution in [3.8, 4) is 0 Å². The van der Waals surface area contributed by atoms with Crippen molar-refractivity contribution in [2.45, 2.75) is 6.54 Å². The summed E-state index contributed by atoms with van der Waals surface area (Å²) in [6, 6.07) is 17.9. The smallest absolute Gasteiger partial charge is 0.257 e. The molecule has 3 rings (SSSR count). The van der Waals surface area contributed by atoms with E-state index in [-0.39, 0.29) is 17.4 Å². The standard InChI is InChI=1S/C20H16ClN3O2/c21-17-7-4-8-18(10-17)24-20(26)16-9-15(12-22-13-16)19(25)23-11-14-5-2-1-3-6-14/h1-10,12-13H,11H2,(H,23,25)(H,24,26). The van der Waals surface area contributed by atoms with Crippen LogP contribution in [-0.4, -0.2) is 16.8 Å². The van der Waals surface area contributed by atoms with E-state index in [1.807, 2.05) is 30.3 Å². The number of aromatic nitrogens is 1. The Morgan fingerprint density at radius 3 is 2.35 bits per heavy atom. The van der Waals surface area contributed by atoms with Crippen molar-refractivity contribution < 1.29 is 9.59 Å². The SMILES string of the molecule is O=C(NCc1ccccc1)c1cncc(C(=O)Nc2cccc(Cl)c2)c1. The summed E-state index contributed by atoms with van der Waals surface area (Å²) in [6.07, 6.45) is 2.84. The fourth-order valence-electron chi connectivity index (χ4n) is 2.34. The second-order valence-corrected chi connectivity index (χ2v) is 6.03. The van der Waals surface area contributed by atoms with Crippen LogP contribution < -0.4 is 10.6 Å². The van der Waals surface area contributed by atoms with Crippen LogP contribution in [0.3, 0.4) is 0 Å². The molecule has 0 unspecified atom stereocenters. The van der Waals surface area contributed by atoms with Crippen molar-refractivity contribution in [1.82, 2.24) is 10.3 Å². The lowest BCUT2D eigenvalue weighted by atomic mass is 10.1. The molecule has 2 N–H and O–H groups in total. The molecule has 2 aromatic carbocycles. The fraction of sp³-hybridized carbons (Fsp3) is 0.0500. The number of amides is 2. The molecule has 0 bridgehead atoms. The van der Waals surface area contributed by atoms with Gasteiger partial charge in [0, 0.05) is 29.6 Å². The molecular formula is C20H16ClN3O2. The Balaban J connectivity index is 1.67. The summed E-state index contributed by atoms with van der Waals surface area (Å²) in [5.41, 5.74) is 2.17. The van der Waals surface area contributed by atoms with E-state index >= 15 is 0 Å². The highest BCUT2D eigenvalue weighted by atomic mass is 35.5. The van der Waals surface area contributed by atoms with Crippen LogP contribution >= 0.6 is 11.6 Å². The quantitative estimate of drug-likeness (QED) is 0.720. The maximum absolute atomic E-state index is 12.4. The molecule has 1 aromatic heterocycles. The Kier molecular flexibility index (Phi) is 5.61. The van der Waals surface area contributed by atoms with E-state index in [2.05, 4.69) is 15.6 Å². The summed E-state index contributed by atoms with van der Waals surface area (Å²) in [5.74, 6) is -0.656. The molecule has 0 saturated carbocycles. The van der Waals surface area contributed by atoms with Crippen LogP contribution in [0, 0.1) is 0 Å². The topological polar surface area (TPSA) is 71.1 Å². The molecule has 26 heavy (non-hydrogen) atoms. The molecule has 0 aliphatic heterocycles. The molecule has 1 heterocycles. The van der Waals surface area contributed by atoms with Gasteiger partial charge in [-0.15, -0.1) is 0 Å². The highest BCUT2D eigenvalue weighted by molar-refractivity contribution is 6.31. The molecule has 0 fully saturated rings. The Labute approximate surface area is 156 Å². The first kappa shape index (κ1) is 17.6. The van der Waals surface area contributed by atoms with E-state index in [9.17, 15) is 9.59 Å². The summed E-state index contributed by atoms with van der Waals surface area (Å²) >= 11 is 5.91. The predicted octanol–water partition coefficient (Wildman–Crippen LogP) is 3.92. The van der Waals surface area contributed by atoms with E-state index in [0.29, 0.717) is 22.8 Å². The van der Waals surface area contributed by atoms with Gasteiger partial charge in [-0.3, -0.25) is 14.6 Å². The van der Waals surface area contributed by atoms with Gasteiger partial charge in [0.05, 0.1) is 11.1 Å². The van der Waals surface area contributed by atoms with E-state index < -0.39 is 0 Å². The second kappa shape index (κ2) is 8.27. The number of rotatable bonds is 5. The summed E-state index contributed by atoms with van der Waals surface area (Å²) < 4.78 is 0. The van der Waals surface area contributed by atoms with E-state index in [0.717, 1.165) is 5.56 Å². The number of hydrogen-bond donors (Lipinski definition) is 2. The Morgan fingerprint density at radius 1 is 0.885 bits per heavy atom.